The number of carbonyl (C=O) groups excluding carboxylic acids is 2. The molecule has 3 aromatic rings. The summed E-state index contributed by atoms with van der Waals surface area (Å²) in [6.07, 6.45) is 2.65. The van der Waals surface area contributed by atoms with E-state index in [9.17, 15) is 14.0 Å². The van der Waals surface area contributed by atoms with Gasteiger partial charge in [0.1, 0.15) is 12.4 Å². The average molecular weight is 421 g/mol. The molecular formula is C24H24FN3O3. The fourth-order valence-corrected chi connectivity index (χ4v) is 3.89. The summed E-state index contributed by atoms with van der Waals surface area (Å²) in [5.41, 5.74) is 1.89. The number of para-hydroxylation sites is 1. The van der Waals surface area contributed by atoms with E-state index < -0.39 is 6.09 Å². The van der Waals surface area contributed by atoms with Gasteiger partial charge in [0.2, 0.25) is 0 Å². The largest absolute Gasteiger partial charge is 0.448 e. The zero-order valence-electron chi connectivity index (χ0n) is 17.1. The highest BCUT2D eigenvalue weighted by atomic mass is 19.1. The Morgan fingerprint density at radius 3 is 2.58 bits per heavy atom. The molecule has 4 rings (SSSR count). The average Bonchev–Trinajstić information content (AvgIpc) is 2.80. The van der Waals surface area contributed by atoms with Gasteiger partial charge in [-0.25, -0.2) is 9.18 Å². The lowest BCUT2D eigenvalue weighted by molar-refractivity contribution is 0.0813. The van der Waals surface area contributed by atoms with Gasteiger partial charge in [0.25, 0.3) is 0 Å². The molecule has 31 heavy (non-hydrogen) atoms. The van der Waals surface area contributed by atoms with Gasteiger partial charge >= 0.3 is 6.09 Å². The van der Waals surface area contributed by atoms with Crippen molar-refractivity contribution in [2.45, 2.75) is 12.8 Å². The van der Waals surface area contributed by atoms with Gasteiger partial charge in [-0.1, -0.05) is 18.2 Å². The molecule has 0 radical (unpaired) electrons. The number of likely N-dealkylation sites (tertiary alicyclic amines) is 1. The summed E-state index contributed by atoms with van der Waals surface area (Å²) in [6, 6.07) is 15.1. The summed E-state index contributed by atoms with van der Waals surface area (Å²) < 4.78 is 18.4. The Kier molecular flexibility index (Phi) is 6.52. The molecular weight excluding hydrogens is 397 g/mol. The molecule has 1 aliphatic heterocycles. The molecule has 1 N–H and O–H groups in total. The van der Waals surface area contributed by atoms with E-state index in [4.69, 9.17) is 4.74 Å². The zero-order valence-corrected chi connectivity index (χ0v) is 17.1. The number of hydrogen-bond donors (Lipinski definition) is 1. The number of amides is 1. The Bertz CT molecular complexity index is 1060. The van der Waals surface area contributed by atoms with E-state index in [1.807, 2.05) is 24.3 Å². The van der Waals surface area contributed by atoms with Crippen molar-refractivity contribution in [1.29, 1.82) is 0 Å². The third-order valence-electron chi connectivity index (χ3n) is 5.60. The Morgan fingerprint density at radius 1 is 1.06 bits per heavy atom. The molecule has 0 unspecified atom stereocenters. The van der Waals surface area contributed by atoms with Crippen molar-refractivity contribution >= 4 is 28.5 Å². The minimum Gasteiger partial charge on any atom is -0.448 e. The highest BCUT2D eigenvalue weighted by Crippen LogP contribution is 2.22. The number of nitrogens with one attached hydrogen (secondary N) is 1. The molecule has 1 saturated heterocycles. The number of fused-ring (bicyclic) bond motifs is 1. The minimum absolute atomic E-state index is 0.0511. The molecule has 0 bridgehead atoms. The maximum Gasteiger partial charge on any atom is 0.411 e. The van der Waals surface area contributed by atoms with Gasteiger partial charge in [-0.3, -0.25) is 20.0 Å². The number of nitrogens with zero attached hydrogens (tertiary/aromatic N) is 2. The van der Waals surface area contributed by atoms with Crippen LogP contribution in [0.15, 0.2) is 60.8 Å². The standard InChI is InChI=1S/C24H24FN3O3/c25-20-8-6-18(7-9-20)23(29)19-10-13-28(14-11-19)15-16-31-24(30)27-21-5-1-3-17-4-2-12-26-22(17)21/h1-9,12,19H,10-11,13-16H2,(H,27,30). The van der Waals surface area contributed by atoms with Crippen LogP contribution in [0.25, 0.3) is 10.9 Å². The third kappa shape index (κ3) is 5.24. The van der Waals surface area contributed by atoms with Gasteiger partial charge < -0.3 is 4.74 Å². The number of pyridine rings is 1. The number of ether oxygens (including phenoxy) is 1. The van der Waals surface area contributed by atoms with Crippen LogP contribution in [0.4, 0.5) is 14.9 Å². The van der Waals surface area contributed by atoms with E-state index in [0.717, 1.165) is 36.8 Å². The van der Waals surface area contributed by atoms with Crippen LogP contribution in [0, 0.1) is 11.7 Å². The fraction of sp³-hybridized carbons (Fsp3) is 0.292. The highest BCUT2D eigenvalue weighted by molar-refractivity contribution is 5.98. The zero-order chi connectivity index (χ0) is 21.6. The Hall–Kier alpha value is -3.32. The first-order valence-corrected chi connectivity index (χ1v) is 10.4. The van der Waals surface area contributed by atoms with E-state index in [1.54, 1.807) is 24.4 Å². The van der Waals surface area contributed by atoms with Crippen molar-refractivity contribution in [1.82, 2.24) is 9.88 Å². The Balaban J connectivity index is 1.21. The van der Waals surface area contributed by atoms with E-state index in [0.29, 0.717) is 17.8 Å². The molecule has 2 heterocycles. The number of carbonyl (C=O) groups is 2. The molecule has 6 nitrogen and oxygen atoms in total. The Labute approximate surface area is 180 Å². The molecule has 0 saturated carbocycles. The molecule has 160 valence electrons. The SMILES string of the molecule is O=C(Nc1cccc2cccnc12)OCCN1CCC(C(=O)c2ccc(F)cc2)CC1. The smallest absolute Gasteiger partial charge is 0.411 e. The van der Waals surface area contributed by atoms with Crippen LogP contribution in [-0.2, 0) is 4.74 Å². The van der Waals surface area contributed by atoms with Crippen molar-refractivity contribution < 1.29 is 18.7 Å². The van der Waals surface area contributed by atoms with Crippen LogP contribution in [-0.4, -0.2) is 48.0 Å². The van der Waals surface area contributed by atoms with E-state index in [2.05, 4.69) is 15.2 Å². The monoisotopic (exact) mass is 421 g/mol. The summed E-state index contributed by atoms with van der Waals surface area (Å²) >= 11 is 0. The van der Waals surface area contributed by atoms with Gasteiger partial charge in [-0.2, -0.15) is 0 Å². The van der Waals surface area contributed by atoms with Crippen LogP contribution in [0.2, 0.25) is 0 Å². The number of Topliss-reactive ketones (excluding diaryl/α,β-unsaturated/α-hetero) is 1. The van der Waals surface area contributed by atoms with Crippen LogP contribution in [0.5, 0.6) is 0 Å². The predicted molar refractivity (Wildman–Crippen MR) is 117 cm³/mol. The van der Waals surface area contributed by atoms with Crippen molar-refractivity contribution in [3.05, 3.63) is 72.2 Å². The number of ketones is 1. The quantitative estimate of drug-likeness (QED) is 0.593. The summed E-state index contributed by atoms with van der Waals surface area (Å²) in [7, 11) is 0. The van der Waals surface area contributed by atoms with Crippen molar-refractivity contribution in [3.63, 3.8) is 0 Å². The van der Waals surface area contributed by atoms with Crippen LogP contribution >= 0.6 is 0 Å². The third-order valence-corrected chi connectivity index (χ3v) is 5.60. The lowest BCUT2D eigenvalue weighted by Crippen LogP contribution is -2.38. The van der Waals surface area contributed by atoms with E-state index in [1.165, 1.54) is 12.1 Å². The first-order valence-electron chi connectivity index (χ1n) is 10.4. The van der Waals surface area contributed by atoms with Gasteiger partial charge in [0.05, 0.1) is 11.2 Å². The molecule has 0 atom stereocenters. The van der Waals surface area contributed by atoms with Gasteiger partial charge in [0, 0.05) is 29.6 Å². The summed E-state index contributed by atoms with van der Waals surface area (Å²) in [5.74, 6) is -0.323. The lowest BCUT2D eigenvalue weighted by atomic mass is 9.89. The number of benzene rings is 2. The highest BCUT2D eigenvalue weighted by Gasteiger charge is 2.25. The summed E-state index contributed by atoms with van der Waals surface area (Å²) in [5, 5.41) is 3.70. The maximum absolute atomic E-state index is 13.0. The number of hydrogen-bond acceptors (Lipinski definition) is 5. The van der Waals surface area contributed by atoms with Crippen LogP contribution in [0.3, 0.4) is 0 Å². The molecule has 1 fully saturated rings. The molecule has 2 aromatic carbocycles. The molecule has 7 heteroatoms. The summed E-state index contributed by atoms with van der Waals surface area (Å²) in [6.45, 7) is 2.39. The van der Waals surface area contributed by atoms with Gasteiger partial charge in [-0.15, -0.1) is 0 Å². The van der Waals surface area contributed by atoms with Crippen LogP contribution < -0.4 is 5.32 Å². The van der Waals surface area contributed by atoms with Crippen molar-refractivity contribution in [2.24, 2.45) is 5.92 Å². The topological polar surface area (TPSA) is 71.5 Å². The number of piperidine rings is 1. The number of aromatic nitrogens is 1. The lowest BCUT2D eigenvalue weighted by Gasteiger charge is -2.31. The van der Waals surface area contributed by atoms with Crippen LogP contribution in [0.1, 0.15) is 23.2 Å². The maximum atomic E-state index is 13.0. The van der Waals surface area contributed by atoms with E-state index in [-0.39, 0.29) is 24.1 Å². The Morgan fingerprint density at radius 2 is 1.81 bits per heavy atom. The molecule has 0 spiro atoms. The molecule has 1 amide bonds. The number of rotatable bonds is 6. The minimum atomic E-state index is -0.514. The number of anilines is 1. The van der Waals surface area contributed by atoms with Gasteiger partial charge in [0.15, 0.2) is 5.78 Å². The molecule has 1 aliphatic rings. The van der Waals surface area contributed by atoms with Gasteiger partial charge in [-0.05, 0) is 62.3 Å². The second kappa shape index (κ2) is 9.66. The first-order chi connectivity index (χ1) is 15.1. The molecule has 0 aliphatic carbocycles. The fourth-order valence-electron chi connectivity index (χ4n) is 3.89. The molecule has 1 aromatic heterocycles. The van der Waals surface area contributed by atoms with Crippen molar-refractivity contribution in [3.8, 4) is 0 Å². The first kappa shape index (κ1) is 20.9. The second-order valence-electron chi connectivity index (χ2n) is 7.63. The van der Waals surface area contributed by atoms with E-state index >= 15 is 0 Å². The van der Waals surface area contributed by atoms with Crippen molar-refractivity contribution in [2.75, 3.05) is 31.6 Å². The number of halogens is 1. The summed E-state index contributed by atoms with van der Waals surface area (Å²) in [4.78, 5) is 31.2. The predicted octanol–water partition coefficient (Wildman–Crippen LogP) is 4.52. The normalized spacial score (nSPS) is 15.0. The second-order valence-corrected chi connectivity index (χ2v) is 7.63.